The Labute approximate surface area is 120 Å². The Kier molecular flexibility index (Phi) is 4.59. The third-order valence-corrected chi connectivity index (χ3v) is 4.74. The Morgan fingerprint density at radius 2 is 2.22 bits per heavy atom. The van der Waals surface area contributed by atoms with Gasteiger partial charge in [-0.05, 0) is 45.9 Å². The minimum absolute atomic E-state index is 0.202. The largest absolute Gasteiger partial charge is 0.305 e. The summed E-state index contributed by atoms with van der Waals surface area (Å²) in [6, 6.07) is 2.39. The molecule has 0 aliphatic heterocycles. The quantitative estimate of drug-likeness (QED) is 0.910. The van der Waals surface area contributed by atoms with Crippen LogP contribution in [-0.4, -0.2) is 16.3 Å². The van der Waals surface area contributed by atoms with Gasteiger partial charge in [-0.25, -0.2) is 0 Å². The molecule has 98 valence electrons. The summed E-state index contributed by atoms with van der Waals surface area (Å²) in [6.45, 7) is 5.19. The van der Waals surface area contributed by atoms with Crippen LogP contribution in [0, 0.1) is 0 Å². The van der Waals surface area contributed by atoms with E-state index in [0.717, 1.165) is 23.1 Å². The minimum atomic E-state index is 0.202. The van der Waals surface area contributed by atoms with E-state index in [9.17, 15) is 0 Å². The first-order chi connectivity index (χ1) is 8.67. The SMILES string of the molecule is CCNC(c1cscc1Br)c1cc(CC)nn1C. The second-order valence-corrected chi connectivity index (χ2v) is 5.80. The lowest BCUT2D eigenvalue weighted by atomic mass is 10.1. The molecular formula is C13H18BrN3S. The fourth-order valence-corrected chi connectivity index (χ4v) is 3.61. The van der Waals surface area contributed by atoms with Gasteiger partial charge in [0.2, 0.25) is 0 Å². The summed E-state index contributed by atoms with van der Waals surface area (Å²) < 4.78 is 3.15. The third-order valence-electron chi connectivity index (χ3n) is 2.99. The summed E-state index contributed by atoms with van der Waals surface area (Å²) in [6.07, 6.45) is 0.970. The zero-order valence-electron chi connectivity index (χ0n) is 10.9. The Morgan fingerprint density at radius 1 is 1.44 bits per heavy atom. The van der Waals surface area contributed by atoms with Crippen molar-refractivity contribution in [2.75, 3.05) is 6.54 Å². The molecule has 0 spiro atoms. The molecule has 0 bridgehead atoms. The number of rotatable bonds is 5. The van der Waals surface area contributed by atoms with Gasteiger partial charge in [0, 0.05) is 16.9 Å². The molecule has 2 aromatic rings. The van der Waals surface area contributed by atoms with E-state index in [0.29, 0.717) is 0 Å². The van der Waals surface area contributed by atoms with Crippen molar-refractivity contribution >= 4 is 27.3 Å². The molecular weight excluding hydrogens is 310 g/mol. The van der Waals surface area contributed by atoms with E-state index >= 15 is 0 Å². The maximum absolute atomic E-state index is 4.54. The van der Waals surface area contributed by atoms with E-state index in [-0.39, 0.29) is 6.04 Å². The van der Waals surface area contributed by atoms with E-state index in [2.05, 4.69) is 57.0 Å². The molecule has 18 heavy (non-hydrogen) atoms. The Morgan fingerprint density at radius 3 is 2.72 bits per heavy atom. The van der Waals surface area contributed by atoms with Crippen molar-refractivity contribution in [3.8, 4) is 0 Å². The van der Waals surface area contributed by atoms with Gasteiger partial charge in [-0.3, -0.25) is 4.68 Å². The second kappa shape index (κ2) is 5.99. The summed E-state index contributed by atoms with van der Waals surface area (Å²) in [5.41, 5.74) is 3.64. The molecule has 0 aromatic carbocycles. The molecule has 0 fully saturated rings. The van der Waals surface area contributed by atoms with Crippen molar-refractivity contribution in [1.29, 1.82) is 0 Å². The van der Waals surface area contributed by atoms with Gasteiger partial charge in [0.25, 0.3) is 0 Å². The minimum Gasteiger partial charge on any atom is -0.305 e. The predicted octanol–water partition coefficient (Wildman–Crippen LogP) is 3.51. The van der Waals surface area contributed by atoms with Gasteiger partial charge in [-0.2, -0.15) is 16.4 Å². The number of aromatic nitrogens is 2. The highest BCUT2D eigenvalue weighted by atomic mass is 79.9. The van der Waals surface area contributed by atoms with Gasteiger partial charge >= 0.3 is 0 Å². The van der Waals surface area contributed by atoms with Gasteiger partial charge in [0.15, 0.2) is 0 Å². The van der Waals surface area contributed by atoms with Crippen molar-refractivity contribution in [2.24, 2.45) is 7.05 Å². The molecule has 2 heterocycles. The van der Waals surface area contributed by atoms with Crippen LogP contribution in [-0.2, 0) is 13.5 Å². The van der Waals surface area contributed by atoms with Crippen LogP contribution in [0.15, 0.2) is 21.3 Å². The van der Waals surface area contributed by atoms with Gasteiger partial charge < -0.3 is 5.32 Å². The molecule has 0 aliphatic rings. The molecule has 3 nitrogen and oxygen atoms in total. The molecule has 0 aliphatic carbocycles. The van der Waals surface area contributed by atoms with Crippen LogP contribution in [0.25, 0.3) is 0 Å². The number of hydrogen-bond donors (Lipinski definition) is 1. The maximum atomic E-state index is 4.54. The predicted molar refractivity (Wildman–Crippen MR) is 80.1 cm³/mol. The van der Waals surface area contributed by atoms with Gasteiger partial charge in [-0.1, -0.05) is 13.8 Å². The van der Waals surface area contributed by atoms with Gasteiger partial charge in [0.05, 0.1) is 17.4 Å². The molecule has 5 heteroatoms. The summed E-state index contributed by atoms with van der Waals surface area (Å²) in [5.74, 6) is 0. The normalized spacial score (nSPS) is 12.9. The molecule has 1 atom stereocenters. The van der Waals surface area contributed by atoms with Crippen molar-refractivity contribution < 1.29 is 0 Å². The van der Waals surface area contributed by atoms with Gasteiger partial charge in [-0.15, -0.1) is 0 Å². The number of halogens is 1. The number of hydrogen-bond acceptors (Lipinski definition) is 3. The van der Waals surface area contributed by atoms with E-state index in [1.54, 1.807) is 11.3 Å². The number of thiophene rings is 1. The lowest BCUT2D eigenvalue weighted by Gasteiger charge is -2.17. The summed E-state index contributed by atoms with van der Waals surface area (Å²) in [5, 5.41) is 12.4. The summed E-state index contributed by atoms with van der Waals surface area (Å²) in [4.78, 5) is 0. The lowest BCUT2D eigenvalue weighted by molar-refractivity contribution is 0.571. The molecule has 1 unspecified atom stereocenters. The van der Waals surface area contributed by atoms with E-state index in [1.165, 1.54) is 11.3 Å². The highest BCUT2D eigenvalue weighted by molar-refractivity contribution is 9.10. The molecule has 2 rings (SSSR count). The second-order valence-electron chi connectivity index (χ2n) is 4.20. The zero-order chi connectivity index (χ0) is 13.1. The van der Waals surface area contributed by atoms with Crippen LogP contribution in [0.5, 0.6) is 0 Å². The first kappa shape index (κ1) is 13.8. The molecule has 0 saturated carbocycles. The molecule has 0 saturated heterocycles. The fraction of sp³-hybridized carbons (Fsp3) is 0.462. The number of nitrogens with zero attached hydrogens (tertiary/aromatic N) is 2. The Balaban J connectivity index is 2.41. The van der Waals surface area contributed by atoms with Crippen LogP contribution < -0.4 is 5.32 Å². The van der Waals surface area contributed by atoms with E-state index < -0.39 is 0 Å². The fourth-order valence-electron chi connectivity index (χ4n) is 2.06. The van der Waals surface area contributed by atoms with Crippen molar-refractivity contribution in [3.63, 3.8) is 0 Å². The average molecular weight is 328 g/mol. The third kappa shape index (κ3) is 2.68. The number of aryl methyl sites for hydroxylation is 2. The molecule has 0 radical (unpaired) electrons. The van der Waals surface area contributed by atoms with Gasteiger partial charge in [0.1, 0.15) is 0 Å². The standard InChI is InChI=1S/C13H18BrN3S/c1-4-9-6-12(17(3)16-9)13(15-5-2)10-7-18-8-11(10)14/h6-8,13,15H,4-5H2,1-3H3. The topological polar surface area (TPSA) is 29.9 Å². The Hall–Kier alpha value is -0.650. The number of nitrogens with one attached hydrogen (secondary N) is 1. The van der Waals surface area contributed by atoms with Crippen molar-refractivity contribution in [1.82, 2.24) is 15.1 Å². The smallest absolute Gasteiger partial charge is 0.0767 e. The zero-order valence-corrected chi connectivity index (χ0v) is 13.3. The highest BCUT2D eigenvalue weighted by Gasteiger charge is 2.20. The first-order valence-electron chi connectivity index (χ1n) is 6.15. The van der Waals surface area contributed by atoms with Crippen LogP contribution >= 0.6 is 27.3 Å². The monoisotopic (exact) mass is 327 g/mol. The lowest BCUT2D eigenvalue weighted by Crippen LogP contribution is -2.24. The first-order valence-corrected chi connectivity index (χ1v) is 7.88. The molecule has 2 aromatic heterocycles. The summed E-state index contributed by atoms with van der Waals surface area (Å²) >= 11 is 5.34. The maximum Gasteiger partial charge on any atom is 0.0767 e. The van der Waals surface area contributed by atoms with Crippen LogP contribution in [0.4, 0.5) is 0 Å². The average Bonchev–Trinajstić information content (AvgIpc) is 2.93. The van der Waals surface area contributed by atoms with Crippen molar-refractivity contribution in [3.05, 3.63) is 38.3 Å². The van der Waals surface area contributed by atoms with Crippen LogP contribution in [0.1, 0.15) is 36.8 Å². The Bertz CT molecular complexity index is 518. The summed E-state index contributed by atoms with van der Waals surface area (Å²) in [7, 11) is 2.01. The van der Waals surface area contributed by atoms with E-state index in [1.807, 2.05) is 11.7 Å². The van der Waals surface area contributed by atoms with Crippen LogP contribution in [0.2, 0.25) is 0 Å². The molecule has 1 N–H and O–H groups in total. The highest BCUT2D eigenvalue weighted by Crippen LogP contribution is 2.31. The van der Waals surface area contributed by atoms with Crippen molar-refractivity contribution in [2.45, 2.75) is 26.3 Å². The van der Waals surface area contributed by atoms with E-state index in [4.69, 9.17) is 0 Å². The molecule has 0 amide bonds. The van der Waals surface area contributed by atoms with Crippen LogP contribution in [0.3, 0.4) is 0 Å².